The first kappa shape index (κ1) is 13.0. The fraction of sp³-hybridized carbons (Fsp3) is 0.286. The van der Waals surface area contributed by atoms with Gasteiger partial charge in [0.05, 0.1) is 18.3 Å². The second-order valence-corrected chi connectivity index (χ2v) is 5.26. The molecule has 6 heteroatoms. The van der Waals surface area contributed by atoms with Gasteiger partial charge >= 0.3 is 5.97 Å². The molecule has 1 aromatic heterocycles. The first-order chi connectivity index (χ1) is 9.56. The van der Waals surface area contributed by atoms with Crippen LogP contribution >= 0.6 is 11.6 Å². The van der Waals surface area contributed by atoms with Crippen LogP contribution in [0.5, 0.6) is 0 Å². The zero-order valence-corrected chi connectivity index (χ0v) is 11.8. The lowest BCUT2D eigenvalue weighted by Crippen LogP contribution is -2.21. The van der Waals surface area contributed by atoms with Crippen LogP contribution in [-0.2, 0) is 20.0 Å². The van der Waals surface area contributed by atoms with E-state index in [1.807, 2.05) is 17.7 Å². The summed E-state index contributed by atoms with van der Waals surface area (Å²) in [6.45, 7) is 1.53. The van der Waals surface area contributed by atoms with Crippen molar-refractivity contribution in [3.05, 3.63) is 46.5 Å². The van der Waals surface area contributed by atoms with Gasteiger partial charge in [0.25, 0.3) is 0 Å². The van der Waals surface area contributed by atoms with E-state index < -0.39 is 5.97 Å². The van der Waals surface area contributed by atoms with Crippen molar-refractivity contribution in [1.29, 1.82) is 0 Å². The molecule has 0 radical (unpaired) electrons. The van der Waals surface area contributed by atoms with E-state index in [1.165, 1.54) is 0 Å². The van der Waals surface area contributed by atoms with E-state index in [4.69, 9.17) is 16.7 Å². The van der Waals surface area contributed by atoms with E-state index in [0.717, 1.165) is 30.0 Å². The molecule has 1 aromatic carbocycles. The minimum atomic E-state index is -0.887. The van der Waals surface area contributed by atoms with Crippen molar-refractivity contribution >= 4 is 23.3 Å². The number of nitrogens with zero attached hydrogens (tertiary/aromatic N) is 3. The number of carboxylic acids is 1. The van der Waals surface area contributed by atoms with Gasteiger partial charge in [0.15, 0.2) is 0 Å². The summed E-state index contributed by atoms with van der Waals surface area (Å²) in [5.74, 6) is 0.00675. The van der Waals surface area contributed by atoms with Crippen molar-refractivity contribution < 1.29 is 9.90 Å². The predicted octanol–water partition coefficient (Wildman–Crippen LogP) is 2.33. The molecule has 0 unspecified atom stereocenters. The number of hydrogen-bond donors (Lipinski definition) is 1. The molecular weight excluding hydrogens is 278 g/mol. The number of fused-ring (bicyclic) bond motifs is 1. The molecule has 3 rings (SSSR count). The molecule has 5 nitrogen and oxygen atoms in total. The molecule has 0 fully saturated rings. The molecular formula is C14H14ClN3O2. The molecule has 2 heterocycles. The number of halogens is 1. The Morgan fingerprint density at radius 3 is 2.95 bits per heavy atom. The monoisotopic (exact) mass is 291 g/mol. The van der Waals surface area contributed by atoms with Crippen molar-refractivity contribution in [3.63, 3.8) is 0 Å². The van der Waals surface area contributed by atoms with E-state index in [-0.39, 0.29) is 0 Å². The van der Waals surface area contributed by atoms with Gasteiger partial charge < -0.3 is 14.6 Å². The first-order valence-electron chi connectivity index (χ1n) is 6.33. The summed E-state index contributed by atoms with van der Waals surface area (Å²) >= 11 is 5.99. The van der Waals surface area contributed by atoms with Crippen molar-refractivity contribution in [2.75, 3.05) is 11.4 Å². The number of carboxylic acid groups (broad SMARTS) is 1. The number of benzene rings is 1. The van der Waals surface area contributed by atoms with E-state index >= 15 is 0 Å². The Kier molecular flexibility index (Phi) is 3.14. The second-order valence-electron chi connectivity index (χ2n) is 4.88. The minimum absolute atomic E-state index is 0.339. The number of carbonyl (C=O) groups is 1. The molecule has 2 aromatic rings. The molecule has 1 aliphatic heterocycles. The number of rotatable bonds is 3. The van der Waals surface area contributed by atoms with Crippen LogP contribution in [0.15, 0.2) is 24.4 Å². The average Bonchev–Trinajstić information content (AvgIpc) is 2.97. The molecule has 0 aliphatic carbocycles. The summed E-state index contributed by atoms with van der Waals surface area (Å²) < 4.78 is 1.85. The smallest absolute Gasteiger partial charge is 0.335 e. The van der Waals surface area contributed by atoms with Crippen molar-refractivity contribution in [1.82, 2.24) is 9.55 Å². The van der Waals surface area contributed by atoms with Gasteiger partial charge in [-0.1, -0.05) is 11.6 Å². The van der Waals surface area contributed by atoms with E-state index in [1.54, 1.807) is 18.3 Å². The van der Waals surface area contributed by atoms with Crippen LogP contribution in [0.2, 0.25) is 5.15 Å². The van der Waals surface area contributed by atoms with Crippen molar-refractivity contribution in [2.24, 2.45) is 7.05 Å². The van der Waals surface area contributed by atoms with Gasteiger partial charge in [0, 0.05) is 19.3 Å². The van der Waals surface area contributed by atoms with Crippen LogP contribution in [0.1, 0.15) is 21.7 Å². The largest absolute Gasteiger partial charge is 0.478 e. The zero-order chi connectivity index (χ0) is 14.3. The summed E-state index contributed by atoms with van der Waals surface area (Å²) in [7, 11) is 1.88. The Bertz CT molecular complexity index is 681. The molecule has 1 aliphatic rings. The lowest BCUT2D eigenvalue weighted by Gasteiger charge is -2.19. The third-order valence-electron chi connectivity index (χ3n) is 3.68. The number of anilines is 1. The number of hydrogen-bond acceptors (Lipinski definition) is 3. The normalized spacial score (nSPS) is 13.6. The second kappa shape index (κ2) is 4.83. The highest BCUT2D eigenvalue weighted by molar-refractivity contribution is 6.29. The summed E-state index contributed by atoms with van der Waals surface area (Å²) in [5, 5.41) is 9.63. The maximum Gasteiger partial charge on any atom is 0.335 e. The molecule has 104 valence electrons. The third-order valence-corrected chi connectivity index (χ3v) is 4.03. The van der Waals surface area contributed by atoms with Gasteiger partial charge in [-0.25, -0.2) is 9.78 Å². The molecule has 20 heavy (non-hydrogen) atoms. The van der Waals surface area contributed by atoms with Crippen LogP contribution in [0.25, 0.3) is 0 Å². The van der Waals surface area contributed by atoms with E-state index in [0.29, 0.717) is 17.3 Å². The van der Waals surface area contributed by atoms with Crippen LogP contribution in [0, 0.1) is 0 Å². The molecule has 0 spiro atoms. The molecule has 0 atom stereocenters. The van der Waals surface area contributed by atoms with Gasteiger partial charge in [-0.15, -0.1) is 0 Å². The highest BCUT2D eigenvalue weighted by atomic mass is 35.5. The molecule has 0 saturated carbocycles. The van der Waals surface area contributed by atoms with Crippen molar-refractivity contribution in [3.8, 4) is 0 Å². The zero-order valence-electron chi connectivity index (χ0n) is 11.0. The van der Waals surface area contributed by atoms with Crippen LogP contribution in [0.4, 0.5) is 5.69 Å². The Morgan fingerprint density at radius 2 is 2.30 bits per heavy atom. The third kappa shape index (κ3) is 2.14. The summed E-state index contributed by atoms with van der Waals surface area (Å²) in [5.41, 5.74) is 2.49. The summed E-state index contributed by atoms with van der Waals surface area (Å²) in [6.07, 6.45) is 2.50. The Hall–Kier alpha value is -2.01. The van der Waals surface area contributed by atoms with Gasteiger partial charge in [-0.05, 0) is 30.2 Å². The number of imidazole rings is 1. The maximum absolute atomic E-state index is 11.0. The first-order valence-corrected chi connectivity index (χ1v) is 6.71. The highest BCUT2D eigenvalue weighted by Crippen LogP contribution is 2.30. The van der Waals surface area contributed by atoms with Crippen LogP contribution in [-0.4, -0.2) is 27.2 Å². The van der Waals surface area contributed by atoms with E-state index in [2.05, 4.69) is 9.88 Å². The quantitative estimate of drug-likeness (QED) is 0.943. The van der Waals surface area contributed by atoms with Gasteiger partial charge in [-0.3, -0.25) is 0 Å². The van der Waals surface area contributed by atoms with E-state index in [9.17, 15) is 4.79 Å². The Balaban J connectivity index is 1.86. The van der Waals surface area contributed by atoms with Gasteiger partial charge in [0.2, 0.25) is 0 Å². The van der Waals surface area contributed by atoms with Gasteiger partial charge in [-0.2, -0.15) is 0 Å². The summed E-state index contributed by atoms with van der Waals surface area (Å²) in [4.78, 5) is 17.5. The Morgan fingerprint density at radius 1 is 1.50 bits per heavy atom. The topological polar surface area (TPSA) is 58.4 Å². The number of aromatic nitrogens is 2. The minimum Gasteiger partial charge on any atom is -0.478 e. The van der Waals surface area contributed by atoms with Gasteiger partial charge in [0.1, 0.15) is 11.0 Å². The molecule has 0 bridgehead atoms. The highest BCUT2D eigenvalue weighted by Gasteiger charge is 2.22. The fourth-order valence-corrected chi connectivity index (χ4v) is 2.66. The van der Waals surface area contributed by atoms with Crippen LogP contribution in [0.3, 0.4) is 0 Å². The average molecular weight is 292 g/mol. The molecule has 0 saturated heterocycles. The SMILES string of the molecule is Cn1c(Cl)cnc1CN1CCc2cc(C(=O)O)ccc21. The number of aromatic carboxylic acids is 1. The maximum atomic E-state index is 11.0. The molecule has 0 amide bonds. The lowest BCUT2D eigenvalue weighted by atomic mass is 10.1. The molecule has 1 N–H and O–H groups in total. The van der Waals surface area contributed by atoms with Crippen molar-refractivity contribution in [2.45, 2.75) is 13.0 Å². The Labute approximate surface area is 121 Å². The predicted molar refractivity (Wildman–Crippen MR) is 76.4 cm³/mol. The fourth-order valence-electron chi connectivity index (χ4n) is 2.51. The lowest BCUT2D eigenvalue weighted by molar-refractivity contribution is 0.0697. The van der Waals surface area contributed by atoms with Crippen LogP contribution < -0.4 is 4.90 Å². The summed E-state index contributed by atoms with van der Waals surface area (Å²) in [6, 6.07) is 5.27. The standard InChI is InChI=1S/C14H14ClN3O2/c1-17-12(15)7-16-13(17)8-18-5-4-9-6-10(14(19)20)2-3-11(9)18/h2-3,6-7H,4-5,8H2,1H3,(H,19,20).